The van der Waals surface area contributed by atoms with Gasteiger partial charge in [0.25, 0.3) is 10.0 Å². The number of aryl methyl sites for hydroxylation is 2. The number of nitrogens with zero attached hydrogens (tertiary/aromatic N) is 5. The normalized spacial score (nSPS) is 18.2. The number of benzene rings is 2. The molecular weight excluding hydrogens is 596 g/mol. The number of rotatable bonds is 9. The molecule has 0 saturated carbocycles. The molecule has 1 aliphatic rings. The SMILES string of the molecule is C[C@@H]1CN([C@H](C)CO)C(=O)Cc2cc(NC(=O)Cc3cn(C)c4ccccc34)ccc2O[C@@H]1CN(C)S(=O)(=O)c1cn(C)cn1. The Labute approximate surface area is 263 Å². The maximum Gasteiger partial charge on any atom is 0.261 e. The summed E-state index contributed by atoms with van der Waals surface area (Å²) >= 11 is 0. The van der Waals surface area contributed by atoms with Crippen molar-refractivity contribution < 1.29 is 27.9 Å². The maximum atomic E-state index is 13.6. The summed E-state index contributed by atoms with van der Waals surface area (Å²) in [5.74, 6) is -0.280. The molecule has 0 bridgehead atoms. The van der Waals surface area contributed by atoms with Gasteiger partial charge in [-0.25, -0.2) is 13.4 Å². The quantitative estimate of drug-likeness (QED) is 0.288. The number of sulfonamides is 1. The number of likely N-dealkylation sites (N-methyl/N-ethyl adjacent to an activating group) is 1. The van der Waals surface area contributed by atoms with Gasteiger partial charge in [0, 0.05) is 68.2 Å². The summed E-state index contributed by atoms with van der Waals surface area (Å²) in [4.78, 5) is 32.3. The van der Waals surface area contributed by atoms with E-state index in [-0.39, 0.29) is 55.3 Å². The van der Waals surface area contributed by atoms with Crippen LogP contribution in [0, 0.1) is 5.92 Å². The molecule has 1 aliphatic heterocycles. The number of carbonyl (C=O) groups excluding carboxylic acids is 2. The average Bonchev–Trinajstić information content (AvgIpc) is 3.59. The Bertz CT molecular complexity index is 1820. The highest BCUT2D eigenvalue weighted by Gasteiger charge is 2.34. The second kappa shape index (κ2) is 13.0. The lowest BCUT2D eigenvalue weighted by Crippen LogP contribution is -2.48. The second-order valence-electron chi connectivity index (χ2n) is 11.9. The van der Waals surface area contributed by atoms with E-state index in [4.69, 9.17) is 4.74 Å². The minimum Gasteiger partial charge on any atom is -0.488 e. The van der Waals surface area contributed by atoms with E-state index in [2.05, 4.69) is 10.3 Å². The lowest BCUT2D eigenvalue weighted by molar-refractivity contribution is -0.134. The fourth-order valence-corrected chi connectivity index (χ4v) is 6.85. The van der Waals surface area contributed by atoms with Crippen LogP contribution in [0.5, 0.6) is 5.75 Å². The summed E-state index contributed by atoms with van der Waals surface area (Å²) in [5.41, 5.74) is 3.00. The molecule has 2 aromatic carbocycles. The maximum absolute atomic E-state index is 13.6. The van der Waals surface area contributed by atoms with Crippen LogP contribution in [-0.4, -0.2) is 87.6 Å². The number of carbonyl (C=O) groups is 2. The van der Waals surface area contributed by atoms with Crippen LogP contribution in [0.2, 0.25) is 0 Å². The third-order valence-electron chi connectivity index (χ3n) is 8.32. The second-order valence-corrected chi connectivity index (χ2v) is 13.9. The van der Waals surface area contributed by atoms with Crippen LogP contribution >= 0.6 is 0 Å². The molecule has 2 amide bonds. The van der Waals surface area contributed by atoms with Gasteiger partial charge in [-0.3, -0.25) is 9.59 Å². The van der Waals surface area contributed by atoms with E-state index in [9.17, 15) is 23.1 Å². The first kappa shape index (κ1) is 32.2. The molecular formula is C32H40N6O6S. The summed E-state index contributed by atoms with van der Waals surface area (Å²) in [6.45, 7) is 3.68. The molecule has 0 saturated heterocycles. The molecule has 0 unspecified atom stereocenters. The lowest BCUT2D eigenvalue weighted by atomic mass is 10.0. The number of aliphatic hydroxyl groups excluding tert-OH is 1. The number of fused-ring (bicyclic) bond motifs is 2. The Balaban J connectivity index is 1.41. The summed E-state index contributed by atoms with van der Waals surface area (Å²) < 4.78 is 37.8. The van der Waals surface area contributed by atoms with Gasteiger partial charge in [0.2, 0.25) is 11.8 Å². The van der Waals surface area contributed by atoms with Crippen molar-refractivity contribution in [2.75, 3.05) is 32.1 Å². The van der Waals surface area contributed by atoms with Gasteiger partial charge in [0.1, 0.15) is 11.9 Å². The fraction of sp³-hybridized carbons (Fsp3) is 0.406. The van der Waals surface area contributed by atoms with Crippen molar-refractivity contribution in [2.45, 2.75) is 43.9 Å². The van der Waals surface area contributed by atoms with Crippen molar-refractivity contribution >= 4 is 38.4 Å². The molecule has 4 aromatic rings. The number of ether oxygens (including phenoxy) is 1. The highest BCUT2D eigenvalue weighted by Crippen LogP contribution is 2.30. The first-order valence-electron chi connectivity index (χ1n) is 14.8. The van der Waals surface area contributed by atoms with E-state index < -0.39 is 22.2 Å². The van der Waals surface area contributed by atoms with Gasteiger partial charge < -0.3 is 29.2 Å². The number of aromatic nitrogens is 3. The monoisotopic (exact) mass is 636 g/mol. The first-order chi connectivity index (χ1) is 21.4. The Kier molecular flexibility index (Phi) is 9.33. The highest BCUT2D eigenvalue weighted by atomic mass is 32.2. The smallest absolute Gasteiger partial charge is 0.261 e. The van der Waals surface area contributed by atoms with Crippen molar-refractivity contribution in [1.29, 1.82) is 0 Å². The molecule has 0 aliphatic carbocycles. The van der Waals surface area contributed by atoms with Crippen LogP contribution in [-0.2, 0) is 46.5 Å². The zero-order valence-electron chi connectivity index (χ0n) is 26.2. The summed E-state index contributed by atoms with van der Waals surface area (Å²) in [6, 6.07) is 12.6. The topological polar surface area (TPSA) is 139 Å². The molecule has 5 rings (SSSR count). The first-order valence-corrected chi connectivity index (χ1v) is 16.3. The van der Waals surface area contributed by atoms with Crippen molar-refractivity contribution in [3.8, 4) is 5.75 Å². The van der Waals surface area contributed by atoms with Gasteiger partial charge in [-0.2, -0.15) is 4.31 Å². The highest BCUT2D eigenvalue weighted by molar-refractivity contribution is 7.89. The molecule has 2 N–H and O–H groups in total. The zero-order chi connectivity index (χ0) is 32.5. The predicted molar refractivity (Wildman–Crippen MR) is 170 cm³/mol. The molecule has 2 aromatic heterocycles. The Hall–Kier alpha value is -4.20. The number of para-hydroxylation sites is 1. The van der Waals surface area contributed by atoms with E-state index >= 15 is 0 Å². The minimum absolute atomic E-state index is 0.00142. The van der Waals surface area contributed by atoms with E-state index in [0.717, 1.165) is 16.5 Å². The molecule has 0 spiro atoms. The molecule has 3 atom stereocenters. The van der Waals surface area contributed by atoms with Gasteiger partial charge in [0.05, 0.1) is 38.4 Å². The molecule has 0 fully saturated rings. The number of nitrogens with one attached hydrogen (secondary N) is 1. The summed E-state index contributed by atoms with van der Waals surface area (Å²) in [5, 5.41) is 13.8. The van der Waals surface area contributed by atoms with E-state index in [1.54, 1.807) is 41.6 Å². The third kappa shape index (κ3) is 6.90. The van der Waals surface area contributed by atoms with Crippen LogP contribution < -0.4 is 10.1 Å². The third-order valence-corrected chi connectivity index (χ3v) is 10.0. The Morgan fingerprint density at radius 3 is 2.67 bits per heavy atom. The Morgan fingerprint density at radius 2 is 1.96 bits per heavy atom. The summed E-state index contributed by atoms with van der Waals surface area (Å²) in [7, 11) is 1.21. The van der Waals surface area contributed by atoms with Crippen molar-refractivity contribution in [3.05, 3.63) is 72.3 Å². The molecule has 45 heavy (non-hydrogen) atoms. The molecule has 12 nitrogen and oxygen atoms in total. The average molecular weight is 637 g/mol. The van der Waals surface area contributed by atoms with Gasteiger partial charge in [-0.1, -0.05) is 25.1 Å². The van der Waals surface area contributed by atoms with Gasteiger partial charge in [-0.05, 0) is 36.8 Å². The van der Waals surface area contributed by atoms with Crippen LogP contribution in [0.1, 0.15) is 25.0 Å². The Morgan fingerprint density at radius 1 is 1.20 bits per heavy atom. The molecule has 240 valence electrons. The van der Waals surface area contributed by atoms with Crippen LogP contribution in [0.25, 0.3) is 10.9 Å². The van der Waals surface area contributed by atoms with Gasteiger partial charge in [-0.15, -0.1) is 0 Å². The van der Waals surface area contributed by atoms with Crippen molar-refractivity contribution in [2.24, 2.45) is 20.0 Å². The minimum atomic E-state index is -3.90. The summed E-state index contributed by atoms with van der Waals surface area (Å²) in [6.07, 6.45) is 4.32. The molecule has 13 heteroatoms. The number of imidazole rings is 1. The number of hydrogen-bond acceptors (Lipinski definition) is 7. The fourth-order valence-electron chi connectivity index (χ4n) is 5.70. The number of amides is 2. The van der Waals surface area contributed by atoms with Gasteiger partial charge in [0.15, 0.2) is 5.03 Å². The van der Waals surface area contributed by atoms with E-state index in [1.165, 1.54) is 23.9 Å². The zero-order valence-corrected chi connectivity index (χ0v) is 27.0. The van der Waals surface area contributed by atoms with Crippen molar-refractivity contribution in [3.63, 3.8) is 0 Å². The van der Waals surface area contributed by atoms with Gasteiger partial charge >= 0.3 is 0 Å². The van der Waals surface area contributed by atoms with E-state index in [0.29, 0.717) is 17.0 Å². The number of hydrogen-bond donors (Lipinski definition) is 2. The van der Waals surface area contributed by atoms with E-state index in [1.807, 2.05) is 49.0 Å². The van der Waals surface area contributed by atoms with Crippen LogP contribution in [0.15, 0.2) is 66.2 Å². The lowest BCUT2D eigenvalue weighted by Gasteiger charge is -2.33. The molecule has 0 radical (unpaired) electrons. The predicted octanol–water partition coefficient (Wildman–Crippen LogP) is 2.56. The largest absolute Gasteiger partial charge is 0.488 e. The van der Waals surface area contributed by atoms with Crippen molar-refractivity contribution in [1.82, 2.24) is 23.3 Å². The number of aliphatic hydroxyl groups is 1. The van der Waals surface area contributed by atoms with Crippen LogP contribution in [0.4, 0.5) is 5.69 Å². The molecule has 3 heterocycles. The number of anilines is 1. The standard InChI is InChI=1S/C32H40N6O6S/c1-21-15-38(22(2)19-39)32(41)14-23-12-25(34-30(40)13-24-16-36(4)27-9-7-6-8-26(24)27)10-11-28(23)44-29(21)17-37(5)45(42,43)31-18-35(3)20-33-31/h6-12,16,18,20-22,29,39H,13-15,17,19H2,1-5H3,(H,34,40)/t21-,22-,29-/m1/s1. The van der Waals surface area contributed by atoms with Crippen LogP contribution in [0.3, 0.4) is 0 Å².